The number of amides is 4. The van der Waals surface area contributed by atoms with Gasteiger partial charge in [0.15, 0.2) is 0 Å². The summed E-state index contributed by atoms with van der Waals surface area (Å²) >= 11 is 0. The summed E-state index contributed by atoms with van der Waals surface area (Å²) in [6.07, 6.45) is 5.34. The third kappa shape index (κ3) is 3.57. The fraction of sp³-hybridized carbons (Fsp3) is 0.474. The van der Waals surface area contributed by atoms with Crippen molar-refractivity contribution in [2.24, 2.45) is 0 Å². The molecule has 2 heterocycles. The van der Waals surface area contributed by atoms with E-state index in [0.717, 1.165) is 24.1 Å². The highest BCUT2D eigenvalue weighted by molar-refractivity contribution is 6.07. The molecule has 29 heavy (non-hydrogen) atoms. The predicted molar refractivity (Wildman–Crippen MR) is 102 cm³/mol. The molecule has 0 atom stereocenters. The Hall–Kier alpha value is -3.30. The molecule has 1 spiro atoms. The zero-order valence-electron chi connectivity index (χ0n) is 16.2. The summed E-state index contributed by atoms with van der Waals surface area (Å²) in [5, 5.41) is 16.8. The largest absolute Gasteiger partial charge is 0.352 e. The Morgan fingerprint density at radius 1 is 1.28 bits per heavy atom. The number of imide groups is 1. The van der Waals surface area contributed by atoms with Crippen LogP contribution in [0.4, 0.5) is 4.79 Å². The smallest absolute Gasteiger partial charge is 0.325 e. The topological polar surface area (TPSA) is 122 Å². The first-order valence-electron chi connectivity index (χ1n) is 9.76. The Morgan fingerprint density at radius 2 is 2.07 bits per heavy atom. The van der Waals surface area contributed by atoms with Crippen molar-refractivity contribution in [3.8, 4) is 5.69 Å². The minimum atomic E-state index is -0.681. The first-order valence-corrected chi connectivity index (χ1v) is 9.76. The molecule has 0 unspecified atom stereocenters. The number of hydrogen-bond donors (Lipinski definition) is 2. The maximum Gasteiger partial charge on any atom is 0.325 e. The highest BCUT2D eigenvalue weighted by atomic mass is 16.2. The van der Waals surface area contributed by atoms with E-state index in [1.807, 2.05) is 6.92 Å². The molecule has 10 heteroatoms. The summed E-state index contributed by atoms with van der Waals surface area (Å²) in [6.45, 7) is 2.55. The molecule has 152 valence electrons. The molecule has 2 aromatic rings. The third-order valence-corrected chi connectivity index (χ3v) is 5.60. The van der Waals surface area contributed by atoms with Crippen molar-refractivity contribution in [3.05, 3.63) is 35.7 Å². The van der Waals surface area contributed by atoms with E-state index < -0.39 is 5.54 Å². The lowest BCUT2D eigenvalue weighted by atomic mass is 9.98. The minimum Gasteiger partial charge on any atom is -0.352 e. The van der Waals surface area contributed by atoms with Crippen LogP contribution in [-0.2, 0) is 4.79 Å². The van der Waals surface area contributed by atoms with E-state index in [0.29, 0.717) is 37.9 Å². The lowest BCUT2D eigenvalue weighted by molar-refractivity contribution is -0.131. The number of aromatic nitrogens is 4. The Bertz CT molecular complexity index is 935. The molecule has 1 saturated carbocycles. The van der Waals surface area contributed by atoms with Crippen LogP contribution >= 0.6 is 0 Å². The number of aryl methyl sites for hydroxylation is 1. The summed E-state index contributed by atoms with van der Waals surface area (Å²) in [5.41, 5.74) is 1.51. The molecule has 1 aliphatic heterocycles. The van der Waals surface area contributed by atoms with Gasteiger partial charge in [0.25, 0.3) is 11.8 Å². The fourth-order valence-electron chi connectivity index (χ4n) is 4.06. The molecule has 2 N–H and O–H groups in total. The quantitative estimate of drug-likeness (QED) is 0.553. The fourth-order valence-corrected chi connectivity index (χ4v) is 4.06. The van der Waals surface area contributed by atoms with Crippen LogP contribution in [-0.4, -0.2) is 61.6 Å². The van der Waals surface area contributed by atoms with E-state index in [2.05, 4.69) is 26.2 Å². The monoisotopic (exact) mass is 397 g/mol. The summed E-state index contributed by atoms with van der Waals surface area (Å²) in [4.78, 5) is 38.4. The standard InChI is InChI=1S/C19H23N7O3/c1-13-11-14(5-6-15(13)26-12-21-23-24-26)16(27)20-9-4-10-25-17(28)19(22-18(25)29)7-2-3-8-19/h5-6,11-12H,2-4,7-10H2,1H3,(H,20,27)(H,22,29). The Labute approximate surface area is 167 Å². The number of tetrazole rings is 1. The molecule has 4 rings (SSSR count). The third-order valence-electron chi connectivity index (χ3n) is 5.60. The first kappa shape index (κ1) is 19.0. The van der Waals surface area contributed by atoms with E-state index in [1.54, 1.807) is 18.2 Å². The number of rotatable bonds is 6. The average Bonchev–Trinajstić information content (AvgIpc) is 3.43. The van der Waals surface area contributed by atoms with Gasteiger partial charge in [-0.2, -0.15) is 0 Å². The molecule has 1 aromatic heterocycles. The Balaban J connectivity index is 1.29. The molecule has 10 nitrogen and oxygen atoms in total. The van der Waals surface area contributed by atoms with Crippen molar-refractivity contribution in [2.75, 3.05) is 13.1 Å². The van der Waals surface area contributed by atoms with E-state index in [-0.39, 0.29) is 17.8 Å². The van der Waals surface area contributed by atoms with Gasteiger partial charge in [-0.25, -0.2) is 9.48 Å². The summed E-state index contributed by atoms with van der Waals surface area (Å²) in [5.74, 6) is -0.332. The van der Waals surface area contributed by atoms with E-state index in [1.165, 1.54) is 15.9 Å². The zero-order valence-corrected chi connectivity index (χ0v) is 16.2. The normalized spacial score (nSPS) is 17.8. The van der Waals surface area contributed by atoms with Crippen LogP contribution in [0.5, 0.6) is 0 Å². The van der Waals surface area contributed by atoms with Crippen molar-refractivity contribution < 1.29 is 14.4 Å². The van der Waals surface area contributed by atoms with Gasteiger partial charge in [0.2, 0.25) is 0 Å². The summed E-state index contributed by atoms with van der Waals surface area (Å²) in [7, 11) is 0. The number of benzene rings is 1. The molecule has 2 aliphatic rings. The molecule has 2 fully saturated rings. The van der Waals surface area contributed by atoms with Crippen LogP contribution in [0, 0.1) is 6.92 Å². The molecule has 0 radical (unpaired) electrons. The second-order valence-corrected chi connectivity index (χ2v) is 7.54. The number of nitrogens with zero attached hydrogens (tertiary/aromatic N) is 5. The Morgan fingerprint density at radius 3 is 2.76 bits per heavy atom. The maximum atomic E-state index is 12.6. The highest BCUT2D eigenvalue weighted by Gasteiger charge is 2.51. The first-order chi connectivity index (χ1) is 14.0. The van der Waals surface area contributed by atoms with Gasteiger partial charge in [-0.1, -0.05) is 12.8 Å². The van der Waals surface area contributed by atoms with Gasteiger partial charge in [-0.05, 0) is 60.4 Å². The second kappa shape index (κ2) is 7.61. The molecule has 1 aliphatic carbocycles. The highest BCUT2D eigenvalue weighted by Crippen LogP contribution is 2.34. The molecular formula is C19H23N7O3. The van der Waals surface area contributed by atoms with Gasteiger partial charge >= 0.3 is 6.03 Å². The van der Waals surface area contributed by atoms with Crippen molar-refractivity contribution in [1.29, 1.82) is 0 Å². The average molecular weight is 397 g/mol. The van der Waals surface area contributed by atoms with Crippen molar-refractivity contribution in [3.63, 3.8) is 0 Å². The zero-order chi connectivity index (χ0) is 20.4. The van der Waals surface area contributed by atoms with Gasteiger partial charge in [0, 0.05) is 18.7 Å². The van der Waals surface area contributed by atoms with Gasteiger partial charge in [0.1, 0.15) is 11.9 Å². The van der Waals surface area contributed by atoms with Crippen LogP contribution in [0.1, 0.15) is 48.0 Å². The second-order valence-electron chi connectivity index (χ2n) is 7.54. The molecule has 0 bridgehead atoms. The van der Waals surface area contributed by atoms with E-state index in [9.17, 15) is 14.4 Å². The number of nitrogens with one attached hydrogen (secondary N) is 2. The SMILES string of the molecule is Cc1cc(C(=O)NCCCN2C(=O)NC3(CCCC3)C2=O)ccc1-n1cnnn1. The summed E-state index contributed by atoms with van der Waals surface area (Å²) in [6, 6.07) is 4.94. The van der Waals surface area contributed by atoms with Crippen molar-refractivity contribution in [1.82, 2.24) is 35.7 Å². The molecule has 4 amide bonds. The number of carbonyl (C=O) groups excluding carboxylic acids is 3. The molecular weight excluding hydrogens is 374 g/mol. The van der Waals surface area contributed by atoms with Crippen LogP contribution in [0.2, 0.25) is 0 Å². The lowest BCUT2D eigenvalue weighted by Crippen LogP contribution is -2.44. The van der Waals surface area contributed by atoms with Crippen molar-refractivity contribution in [2.45, 2.75) is 44.6 Å². The van der Waals surface area contributed by atoms with E-state index in [4.69, 9.17) is 0 Å². The van der Waals surface area contributed by atoms with Gasteiger partial charge in [-0.3, -0.25) is 14.5 Å². The maximum absolute atomic E-state index is 12.6. The lowest BCUT2D eigenvalue weighted by Gasteiger charge is -2.20. The molecule has 1 aromatic carbocycles. The van der Waals surface area contributed by atoms with E-state index >= 15 is 0 Å². The van der Waals surface area contributed by atoms with Crippen LogP contribution in [0.15, 0.2) is 24.5 Å². The van der Waals surface area contributed by atoms with Gasteiger partial charge < -0.3 is 10.6 Å². The predicted octanol–water partition coefficient (Wildman–Crippen LogP) is 0.955. The Kier molecular flexibility index (Phi) is 4.99. The number of hydrogen-bond acceptors (Lipinski definition) is 6. The number of carbonyl (C=O) groups is 3. The minimum absolute atomic E-state index is 0.125. The molecule has 1 saturated heterocycles. The van der Waals surface area contributed by atoms with Crippen LogP contribution in [0.3, 0.4) is 0 Å². The van der Waals surface area contributed by atoms with Gasteiger partial charge in [-0.15, -0.1) is 5.10 Å². The van der Waals surface area contributed by atoms with Gasteiger partial charge in [0.05, 0.1) is 5.69 Å². The number of urea groups is 1. The van der Waals surface area contributed by atoms with Crippen LogP contribution < -0.4 is 10.6 Å². The summed E-state index contributed by atoms with van der Waals surface area (Å²) < 4.78 is 1.53. The van der Waals surface area contributed by atoms with Crippen LogP contribution in [0.25, 0.3) is 5.69 Å². The van der Waals surface area contributed by atoms with Crippen molar-refractivity contribution >= 4 is 17.8 Å².